The molecule has 7 heteroatoms. The molecule has 0 bridgehead atoms. The van der Waals surface area contributed by atoms with Crippen molar-refractivity contribution in [2.45, 2.75) is 18.7 Å². The summed E-state index contributed by atoms with van der Waals surface area (Å²) in [6.07, 6.45) is -0.318. The summed E-state index contributed by atoms with van der Waals surface area (Å²) in [5.74, 6) is 0. The van der Waals surface area contributed by atoms with Crippen LogP contribution in [-0.4, -0.2) is 26.2 Å². The van der Waals surface area contributed by atoms with Crippen molar-refractivity contribution in [3.05, 3.63) is 28.2 Å². The van der Waals surface area contributed by atoms with Gasteiger partial charge in [0.1, 0.15) is 6.10 Å². The molecule has 0 aliphatic carbocycles. The second kappa shape index (κ2) is 6.62. The first-order valence-corrected chi connectivity index (χ1v) is 6.89. The molecule has 1 rings (SSSR count). The Kier molecular flexibility index (Phi) is 5.68. The van der Waals surface area contributed by atoms with E-state index in [9.17, 15) is 13.6 Å². The summed E-state index contributed by atoms with van der Waals surface area (Å²) >= 11 is 3.21. The minimum absolute atomic E-state index is 0.0994. The minimum Gasteiger partial charge on any atom is -0.463 e. The summed E-state index contributed by atoms with van der Waals surface area (Å²) in [5.41, 5.74) is -2.46. The number of halogens is 3. The predicted octanol–water partition coefficient (Wildman–Crippen LogP) is 3.37. The Morgan fingerprint density at radius 3 is 2.68 bits per heavy atom. The Labute approximate surface area is 121 Å². The number of nitrogens with zero attached hydrogens (tertiary/aromatic N) is 1. The van der Waals surface area contributed by atoms with Crippen molar-refractivity contribution in [1.29, 1.82) is 0 Å². The Hall–Kier alpha value is -0.740. The zero-order valence-electron chi connectivity index (χ0n) is 10.6. The molecule has 0 spiro atoms. The monoisotopic (exact) mass is 353 g/mol. The van der Waals surface area contributed by atoms with E-state index >= 15 is 0 Å². The van der Waals surface area contributed by atoms with Crippen LogP contribution in [0.15, 0.2) is 22.7 Å². The summed E-state index contributed by atoms with van der Waals surface area (Å²) in [6.45, 7) is 2.52. The van der Waals surface area contributed by atoms with Gasteiger partial charge in [-0.05, 0) is 25.1 Å². The smallest absolute Gasteiger partial charge is 0.293 e. The zero-order valence-corrected chi connectivity index (χ0v) is 13.3. The lowest BCUT2D eigenvalue weighted by atomic mass is 10.2. The molecule has 106 valence electrons. The van der Waals surface area contributed by atoms with Crippen LogP contribution in [-0.2, 0) is 15.2 Å². The number of alkyl halides is 2. The van der Waals surface area contributed by atoms with Gasteiger partial charge in [-0.2, -0.15) is 8.78 Å². The quantitative estimate of drug-likeness (QED) is 0.580. The normalized spacial score (nSPS) is 12.9. The third-order valence-corrected chi connectivity index (χ3v) is 3.32. The second-order valence-electron chi connectivity index (χ2n) is 4.24. The number of carbonyl (C=O) groups excluding carboxylic acids is 1. The van der Waals surface area contributed by atoms with Crippen molar-refractivity contribution in [2.24, 2.45) is 0 Å². The third kappa shape index (κ3) is 5.03. The van der Waals surface area contributed by atoms with Crippen molar-refractivity contribution < 1.29 is 18.3 Å². The third-order valence-electron chi connectivity index (χ3n) is 2.53. The van der Waals surface area contributed by atoms with Gasteiger partial charge in [0.15, 0.2) is 0 Å². The van der Waals surface area contributed by atoms with Crippen molar-refractivity contribution in [2.75, 3.05) is 18.5 Å². The number of carbonyl (C=O) groups is 1. The fourth-order valence-corrected chi connectivity index (χ4v) is 2.26. The van der Waals surface area contributed by atoms with E-state index in [4.69, 9.17) is 4.74 Å². The maximum atomic E-state index is 13.3. The van der Waals surface area contributed by atoms with E-state index in [1.165, 1.54) is 21.4 Å². The number of ether oxygens (including phenoxy) is 1. The van der Waals surface area contributed by atoms with E-state index in [1.54, 1.807) is 24.9 Å². The molecule has 0 fully saturated rings. The molecule has 2 atom stereocenters. The summed E-state index contributed by atoms with van der Waals surface area (Å²) in [5, 5.41) is 0. The van der Waals surface area contributed by atoms with Gasteiger partial charge in [-0.25, -0.2) is 0 Å². The highest BCUT2D eigenvalue weighted by molar-refractivity contribution is 9.10. The van der Waals surface area contributed by atoms with Crippen LogP contribution in [0.25, 0.3) is 0 Å². The molecule has 19 heavy (non-hydrogen) atoms. The Morgan fingerprint density at radius 1 is 1.53 bits per heavy atom. The van der Waals surface area contributed by atoms with Crippen molar-refractivity contribution in [3.63, 3.8) is 0 Å². The van der Waals surface area contributed by atoms with E-state index in [-0.39, 0.29) is 11.7 Å². The number of hydrogen-bond donors (Lipinski definition) is 0. The molecule has 2 unspecified atom stereocenters. The van der Waals surface area contributed by atoms with E-state index in [0.29, 0.717) is 23.2 Å². The summed E-state index contributed by atoms with van der Waals surface area (Å²) < 4.78 is 32.0. The average molecular weight is 354 g/mol. The lowest BCUT2D eigenvalue weighted by molar-refractivity contribution is -0.132. The van der Waals surface area contributed by atoms with Gasteiger partial charge in [-0.15, -0.1) is 0 Å². The summed E-state index contributed by atoms with van der Waals surface area (Å²) in [6, 6.07) is 4.51. The first kappa shape index (κ1) is 16.3. The van der Waals surface area contributed by atoms with Crippen LogP contribution in [0.3, 0.4) is 0 Å². The summed E-state index contributed by atoms with van der Waals surface area (Å²) in [4.78, 5) is 12.0. The lowest BCUT2D eigenvalue weighted by Crippen LogP contribution is -2.29. The molecule has 0 aromatic heterocycles. The highest BCUT2D eigenvalue weighted by Crippen LogP contribution is 2.38. The maximum absolute atomic E-state index is 13.3. The molecular weight excluding hydrogens is 339 g/mol. The number of likely N-dealkylation sites (N-methyl/N-ethyl adjacent to an activating group) is 1. The molecule has 0 N–H and O–H groups in total. The van der Waals surface area contributed by atoms with Crippen molar-refractivity contribution in [3.8, 4) is 0 Å². The first-order chi connectivity index (χ1) is 8.74. The van der Waals surface area contributed by atoms with Gasteiger partial charge in [0, 0.05) is 22.8 Å². The molecule has 0 aliphatic heterocycles. The molecule has 1 aromatic carbocycles. The SMILES string of the molecule is CC(CN(C)c1cc(Br)cc(C(F)(F)P)c1)OC=O. The van der Waals surface area contributed by atoms with Crippen molar-refractivity contribution in [1.82, 2.24) is 0 Å². The van der Waals surface area contributed by atoms with Crippen LogP contribution in [0.2, 0.25) is 0 Å². The molecule has 0 heterocycles. The van der Waals surface area contributed by atoms with Gasteiger partial charge in [0.05, 0.1) is 6.54 Å². The fourth-order valence-electron chi connectivity index (χ4n) is 1.62. The Bertz CT molecular complexity index is 454. The Morgan fingerprint density at radius 2 is 2.16 bits per heavy atom. The highest BCUT2D eigenvalue weighted by Gasteiger charge is 2.25. The molecule has 3 nitrogen and oxygen atoms in total. The minimum atomic E-state index is -2.98. The van der Waals surface area contributed by atoms with Gasteiger partial charge in [-0.3, -0.25) is 4.79 Å². The topological polar surface area (TPSA) is 29.5 Å². The fraction of sp³-hybridized carbons (Fsp3) is 0.417. The number of anilines is 1. The second-order valence-corrected chi connectivity index (χ2v) is 5.89. The average Bonchev–Trinajstić information content (AvgIpc) is 2.27. The molecule has 1 aromatic rings. The van der Waals surface area contributed by atoms with E-state index < -0.39 is 5.66 Å². The van der Waals surface area contributed by atoms with Gasteiger partial charge < -0.3 is 9.64 Å². The molecule has 0 aliphatic rings. The number of hydrogen-bond acceptors (Lipinski definition) is 3. The van der Waals surface area contributed by atoms with Crippen LogP contribution in [0, 0.1) is 0 Å². The van der Waals surface area contributed by atoms with Gasteiger partial charge in [-0.1, -0.05) is 25.2 Å². The molecule has 0 saturated carbocycles. The van der Waals surface area contributed by atoms with Crippen LogP contribution in [0.4, 0.5) is 14.5 Å². The van der Waals surface area contributed by atoms with Crippen molar-refractivity contribution >= 4 is 37.3 Å². The highest BCUT2D eigenvalue weighted by atomic mass is 79.9. The van der Waals surface area contributed by atoms with Crippen LogP contribution < -0.4 is 4.90 Å². The first-order valence-electron chi connectivity index (χ1n) is 5.52. The Balaban J connectivity index is 2.94. The zero-order chi connectivity index (χ0) is 14.6. The van der Waals surface area contributed by atoms with E-state index in [0.717, 1.165) is 0 Å². The molecular formula is C12H15BrF2NO2P. The van der Waals surface area contributed by atoms with Crippen LogP contribution in [0.5, 0.6) is 0 Å². The largest absolute Gasteiger partial charge is 0.463 e. The van der Waals surface area contributed by atoms with Crippen LogP contribution >= 0.6 is 25.2 Å². The molecule has 0 radical (unpaired) electrons. The summed E-state index contributed by atoms with van der Waals surface area (Å²) in [7, 11) is 3.26. The van der Waals surface area contributed by atoms with Crippen LogP contribution in [0.1, 0.15) is 12.5 Å². The lowest BCUT2D eigenvalue weighted by Gasteiger charge is -2.24. The maximum Gasteiger partial charge on any atom is 0.293 e. The van der Waals surface area contributed by atoms with E-state index in [2.05, 4.69) is 15.9 Å². The molecule has 0 amide bonds. The predicted molar refractivity (Wildman–Crippen MR) is 77.6 cm³/mol. The van der Waals surface area contributed by atoms with Gasteiger partial charge in [0.25, 0.3) is 12.1 Å². The number of rotatable bonds is 6. The number of benzene rings is 1. The van der Waals surface area contributed by atoms with Gasteiger partial charge in [0.2, 0.25) is 0 Å². The standard InChI is InChI=1S/C12H15BrF2NO2P/c1-8(18-7-17)6-16(2)11-4-9(12(14,15)19)3-10(13)5-11/h3-5,7-8H,6,19H2,1-2H3. The van der Waals surface area contributed by atoms with E-state index in [1.807, 2.05) is 0 Å². The molecule has 0 saturated heterocycles. The van der Waals surface area contributed by atoms with Gasteiger partial charge >= 0.3 is 0 Å².